The average molecular weight is 164 g/mol. The molecule has 1 saturated heterocycles. The van der Waals surface area contributed by atoms with Crippen molar-refractivity contribution < 1.29 is 8.78 Å². The van der Waals surface area contributed by atoms with E-state index in [0.717, 1.165) is 0 Å². The van der Waals surface area contributed by atoms with Crippen LogP contribution in [0.1, 0.15) is 12.8 Å². The standard InChI is InChI=1S/C7H14F2N2/c1-11-3-2-7(8,9)4-6(11)5-10/h6H,2-5,10H2,1H3. The van der Waals surface area contributed by atoms with E-state index >= 15 is 0 Å². The van der Waals surface area contributed by atoms with E-state index in [4.69, 9.17) is 5.73 Å². The van der Waals surface area contributed by atoms with Crippen molar-refractivity contribution in [2.24, 2.45) is 5.73 Å². The maximum atomic E-state index is 12.7. The molecule has 1 unspecified atom stereocenters. The Balaban J connectivity index is 2.51. The van der Waals surface area contributed by atoms with Gasteiger partial charge in [0.2, 0.25) is 0 Å². The number of nitrogens with zero attached hydrogens (tertiary/aromatic N) is 1. The monoisotopic (exact) mass is 164 g/mol. The number of nitrogens with two attached hydrogens (primary N) is 1. The molecular formula is C7H14F2N2. The fraction of sp³-hybridized carbons (Fsp3) is 1.00. The first-order valence-corrected chi connectivity index (χ1v) is 3.83. The Labute approximate surface area is 65.4 Å². The van der Waals surface area contributed by atoms with E-state index in [1.54, 1.807) is 0 Å². The van der Waals surface area contributed by atoms with Gasteiger partial charge in [-0.25, -0.2) is 8.78 Å². The van der Waals surface area contributed by atoms with Gasteiger partial charge >= 0.3 is 0 Å². The number of hydrogen-bond acceptors (Lipinski definition) is 2. The van der Waals surface area contributed by atoms with Crippen LogP contribution >= 0.6 is 0 Å². The third-order valence-corrected chi connectivity index (χ3v) is 2.26. The second-order valence-electron chi connectivity index (χ2n) is 3.18. The van der Waals surface area contributed by atoms with E-state index in [0.29, 0.717) is 13.1 Å². The first-order valence-electron chi connectivity index (χ1n) is 3.83. The lowest BCUT2D eigenvalue weighted by atomic mass is 9.99. The summed E-state index contributed by atoms with van der Waals surface area (Å²) in [6.07, 6.45) is -0.111. The highest BCUT2D eigenvalue weighted by Gasteiger charge is 2.37. The molecule has 1 aliphatic heterocycles. The van der Waals surface area contributed by atoms with Gasteiger partial charge in [0.1, 0.15) is 0 Å². The summed E-state index contributed by atoms with van der Waals surface area (Å²) < 4.78 is 25.5. The maximum Gasteiger partial charge on any atom is 0.250 e. The van der Waals surface area contributed by atoms with Gasteiger partial charge in [0.15, 0.2) is 0 Å². The fourth-order valence-corrected chi connectivity index (χ4v) is 1.39. The molecule has 11 heavy (non-hydrogen) atoms. The zero-order valence-corrected chi connectivity index (χ0v) is 6.69. The predicted octanol–water partition coefficient (Wildman–Crippen LogP) is 0.675. The van der Waals surface area contributed by atoms with Crippen LogP contribution < -0.4 is 5.73 Å². The molecule has 1 aliphatic rings. The van der Waals surface area contributed by atoms with Crippen LogP contribution in [-0.2, 0) is 0 Å². The molecule has 0 bridgehead atoms. The summed E-state index contributed by atoms with van der Waals surface area (Å²) in [7, 11) is 1.84. The van der Waals surface area contributed by atoms with E-state index < -0.39 is 5.92 Å². The molecule has 0 aromatic carbocycles. The minimum atomic E-state index is -2.49. The zero-order valence-electron chi connectivity index (χ0n) is 6.69. The van der Waals surface area contributed by atoms with Gasteiger partial charge in [-0.2, -0.15) is 0 Å². The van der Waals surface area contributed by atoms with E-state index in [1.165, 1.54) is 0 Å². The summed E-state index contributed by atoms with van der Waals surface area (Å²) in [4.78, 5) is 1.90. The Morgan fingerprint density at radius 1 is 1.64 bits per heavy atom. The van der Waals surface area contributed by atoms with E-state index in [2.05, 4.69) is 0 Å². The summed E-state index contributed by atoms with van der Waals surface area (Å²) in [5.41, 5.74) is 5.34. The van der Waals surface area contributed by atoms with Crippen molar-refractivity contribution in [3.05, 3.63) is 0 Å². The zero-order chi connectivity index (χ0) is 8.48. The Morgan fingerprint density at radius 3 is 2.73 bits per heavy atom. The van der Waals surface area contributed by atoms with Gasteiger partial charge in [0, 0.05) is 32.0 Å². The normalized spacial score (nSPS) is 32.2. The first kappa shape index (κ1) is 8.87. The quantitative estimate of drug-likeness (QED) is 0.617. The first-order chi connectivity index (χ1) is 5.05. The topological polar surface area (TPSA) is 29.3 Å². The van der Waals surface area contributed by atoms with Crippen LogP contribution in [0, 0.1) is 0 Å². The summed E-state index contributed by atoms with van der Waals surface area (Å²) in [6, 6.07) is -0.140. The maximum absolute atomic E-state index is 12.7. The smallest absolute Gasteiger partial charge is 0.250 e. The molecule has 0 aliphatic carbocycles. The molecule has 66 valence electrons. The molecule has 0 saturated carbocycles. The molecule has 2 N–H and O–H groups in total. The molecule has 0 spiro atoms. The van der Waals surface area contributed by atoms with Crippen molar-refractivity contribution in [3.63, 3.8) is 0 Å². The van der Waals surface area contributed by atoms with Gasteiger partial charge in [-0.05, 0) is 7.05 Å². The highest BCUT2D eigenvalue weighted by atomic mass is 19.3. The van der Waals surface area contributed by atoms with Crippen molar-refractivity contribution in [2.45, 2.75) is 24.8 Å². The second-order valence-corrected chi connectivity index (χ2v) is 3.18. The van der Waals surface area contributed by atoms with Crippen LogP contribution in [0.25, 0.3) is 0 Å². The van der Waals surface area contributed by atoms with Gasteiger partial charge in [-0.15, -0.1) is 0 Å². The summed E-state index contributed by atoms with van der Waals surface area (Å²) in [5.74, 6) is -2.49. The largest absolute Gasteiger partial charge is 0.329 e. The Morgan fingerprint density at radius 2 is 2.27 bits per heavy atom. The number of hydrogen-bond donors (Lipinski definition) is 1. The third-order valence-electron chi connectivity index (χ3n) is 2.26. The predicted molar refractivity (Wildman–Crippen MR) is 39.7 cm³/mol. The number of piperidine rings is 1. The minimum Gasteiger partial charge on any atom is -0.329 e. The lowest BCUT2D eigenvalue weighted by molar-refractivity contribution is -0.0703. The van der Waals surface area contributed by atoms with Crippen LogP contribution in [0.4, 0.5) is 8.78 Å². The summed E-state index contributed by atoms with van der Waals surface area (Å²) in [5, 5.41) is 0. The third kappa shape index (κ3) is 2.10. The Bertz CT molecular complexity index is 138. The van der Waals surface area contributed by atoms with Gasteiger partial charge < -0.3 is 10.6 Å². The van der Waals surface area contributed by atoms with Gasteiger partial charge in [0.25, 0.3) is 5.92 Å². The Hall–Kier alpha value is -0.220. The Kier molecular flexibility index (Phi) is 2.44. The molecule has 0 aromatic rings. The van der Waals surface area contributed by atoms with E-state index in [9.17, 15) is 8.78 Å². The van der Waals surface area contributed by atoms with Crippen LogP contribution in [0.2, 0.25) is 0 Å². The number of halogens is 2. The molecule has 1 atom stereocenters. The van der Waals surface area contributed by atoms with Crippen LogP contribution in [0.15, 0.2) is 0 Å². The highest BCUT2D eigenvalue weighted by Crippen LogP contribution is 2.30. The molecule has 2 nitrogen and oxygen atoms in total. The lowest BCUT2D eigenvalue weighted by Crippen LogP contribution is -2.48. The van der Waals surface area contributed by atoms with Crippen molar-refractivity contribution >= 4 is 0 Å². The molecule has 1 heterocycles. The van der Waals surface area contributed by atoms with Crippen LogP contribution in [0.3, 0.4) is 0 Å². The summed E-state index contributed by atoms with van der Waals surface area (Å²) >= 11 is 0. The van der Waals surface area contributed by atoms with Crippen molar-refractivity contribution in [2.75, 3.05) is 20.1 Å². The molecule has 1 rings (SSSR count). The molecule has 0 amide bonds. The van der Waals surface area contributed by atoms with Gasteiger partial charge in [-0.3, -0.25) is 0 Å². The summed E-state index contributed by atoms with van der Waals surface area (Å²) in [6.45, 7) is 0.779. The lowest BCUT2D eigenvalue weighted by Gasteiger charge is -2.36. The van der Waals surface area contributed by atoms with Crippen LogP contribution in [-0.4, -0.2) is 37.0 Å². The molecule has 0 radical (unpaired) electrons. The average Bonchev–Trinajstić information content (AvgIpc) is 1.94. The van der Waals surface area contributed by atoms with E-state index in [-0.39, 0.29) is 18.9 Å². The van der Waals surface area contributed by atoms with Crippen molar-refractivity contribution in [1.29, 1.82) is 0 Å². The van der Waals surface area contributed by atoms with Crippen LogP contribution in [0.5, 0.6) is 0 Å². The van der Waals surface area contributed by atoms with Crippen molar-refractivity contribution in [1.82, 2.24) is 4.90 Å². The SMILES string of the molecule is CN1CCC(F)(F)CC1CN. The second kappa shape index (κ2) is 3.03. The fourth-order valence-electron chi connectivity index (χ4n) is 1.39. The molecule has 0 aromatic heterocycles. The van der Waals surface area contributed by atoms with E-state index in [1.807, 2.05) is 11.9 Å². The number of rotatable bonds is 1. The molecule has 4 heteroatoms. The minimum absolute atomic E-state index is 0.0278. The molecule has 1 fully saturated rings. The molecular weight excluding hydrogens is 150 g/mol. The van der Waals surface area contributed by atoms with Gasteiger partial charge in [-0.1, -0.05) is 0 Å². The van der Waals surface area contributed by atoms with Crippen molar-refractivity contribution in [3.8, 4) is 0 Å². The number of alkyl halides is 2. The number of likely N-dealkylation sites (tertiary alicyclic amines) is 1. The van der Waals surface area contributed by atoms with Gasteiger partial charge in [0.05, 0.1) is 0 Å². The highest BCUT2D eigenvalue weighted by molar-refractivity contribution is 4.84. The number of likely N-dealkylation sites (N-methyl/N-ethyl adjacent to an activating group) is 1.